The van der Waals surface area contributed by atoms with Crippen LogP contribution in [0, 0.1) is 6.92 Å². The smallest absolute Gasteiger partial charge is 0.134 e. The van der Waals surface area contributed by atoms with E-state index in [1.165, 1.54) is 12.8 Å². The van der Waals surface area contributed by atoms with Gasteiger partial charge in [-0.25, -0.2) is 0 Å². The standard InChI is InChI=1S/C12H16ClNO/c1-8-5-9(7-11(15)12(8)13)6-10-3-2-4-14-10/h5,7,10,14-15H,2-4,6H2,1H3. The first kappa shape index (κ1) is 10.8. The summed E-state index contributed by atoms with van der Waals surface area (Å²) in [5, 5.41) is 13.5. The minimum absolute atomic E-state index is 0.199. The van der Waals surface area contributed by atoms with E-state index >= 15 is 0 Å². The molecule has 1 unspecified atom stereocenters. The molecule has 0 saturated carbocycles. The number of aryl methyl sites for hydroxylation is 1. The fourth-order valence-corrected chi connectivity index (χ4v) is 2.27. The molecule has 1 aliphatic heterocycles. The van der Waals surface area contributed by atoms with Crippen molar-refractivity contribution >= 4 is 11.6 Å². The Hall–Kier alpha value is -0.730. The van der Waals surface area contributed by atoms with Gasteiger partial charge < -0.3 is 10.4 Å². The molecular weight excluding hydrogens is 210 g/mol. The summed E-state index contributed by atoms with van der Waals surface area (Å²) in [6, 6.07) is 4.39. The molecule has 1 fully saturated rings. The first-order chi connectivity index (χ1) is 7.16. The van der Waals surface area contributed by atoms with Gasteiger partial charge in [0.05, 0.1) is 5.02 Å². The van der Waals surface area contributed by atoms with Crippen molar-refractivity contribution in [2.45, 2.75) is 32.2 Å². The highest BCUT2D eigenvalue weighted by molar-refractivity contribution is 6.32. The fraction of sp³-hybridized carbons (Fsp3) is 0.500. The van der Waals surface area contributed by atoms with E-state index in [1.54, 1.807) is 6.07 Å². The van der Waals surface area contributed by atoms with Crippen LogP contribution in [-0.4, -0.2) is 17.7 Å². The maximum atomic E-state index is 9.60. The molecule has 82 valence electrons. The minimum atomic E-state index is 0.199. The molecule has 3 heteroatoms. The Balaban J connectivity index is 2.14. The molecule has 0 radical (unpaired) electrons. The van der Waals surface area contributed by atoms with E-state index in [4.69, 9.17) is 11.6 Å². The molecule has 0 amide bonds. The molecule has 1 saturated heterocycles. The summed E-state index contributed by atoms with van der Waals surface area (Å²) in [6.07, 6.45) is 3.46. The van der Waals surface area contributed by atoms with Crippen molar-refractivity contribution in [3.63, 3.8) is 0 Å². The molecule has 1 heterocycles. The maximum absolute atomic E-state index is 9.60. The molecule has 2 N–H and O–H groups in total. The molecule has 2 nitrogen and oxygen atoms in total. The number of rotatable bonds is 2. The summed E-state index contributed by atoms with van der Waals surface area (Å²) in [7, 11) is 0. The molecular formula is C12H16ClNO. The van der Waals surface area contributed by atoms with Gasteiger partial charge in [-0.1, -0.05) is 17.7 Å². The van der Waals surface area contributed by atoms with E-state index in [9.17, 15) is 5.11 Å². The zero-order chi connectivity index (χ0) is 10.8. The van der Waals surface area contributed by atoms with Crippen LogP contribution in [0.1, 0.15) is 24.0 Å². The van der Waals surface area contributed by atoms with Crippen LogP contribution in [0.25, 0.3) is 0 Å². The van der Waals surface area contributed by atoms with E-state index < -0.39 is 0 Å². The Morgan fingerprint density at radius 3 is 2.93 bits per heavy atom. The Morgan fingerprint density at radius 1 is 1.53 bits per heavy atom. The second-order valence-corrected chi connectivity index (χ2v) is 4.62. The van der Waals surface area contributed by atoms with E-state index in [2.05, 4.69) is 11.4 Å². The summed E-state index contributed by atoms with van der Waals surface area (Å²) in [5.74, 6) is 0.199. The van der Waals surface area contributed by atoms with Crippen molar-refractivity contribution in [1.29, 1.82) is 0 Å². The van der Waals surface area contributed by atoms with E-state index in [0.29, 0.717) is 11.1 Å². The number of hydrogen-bond acceptors (Lipinski definition) is 2. The lowest BCUT2D eigenvalue weighted by molar-refractivity contribution is 0.473. The van der Waals surface area contributed by atoms with Crippen LogP contribution >= 0.6 is 11.6 Å². The normalized spacial score (nSPS) is 20.8. The number of hydrogen-bond donors (Lipinski definition) is 2. The summed E-state index contributed by atoms with van der Waals surface area (Å²) >= 11 is 5.90. The second-order valence-electron chi connectivity index (χ2n) is 4.24. The minimum Gasteiger partial charge on any atom is -0.506 e. The van der Waals surface area contributed by atoms with Crippen LogP contribution < -0.4 is 5.32 Å². The molecule has 1 aromatic rings. The molecule has 0 bridgehead atoms. The second kappa shape index (κ2) is 4.42. The lowest BCUT2D eigenvalue weighted by atomic mass is 10.0. The largest absolute Gasteiger partial charge is 0.506 e. The Kier molecular flexibility index (Phi) is 3.17. The molecule has 1 aliphatic rings. The Labute approximate surface area is 95.3 Å². The van der Waals surface area contributed by atoms with Crippen molar-refractivity contribution in [1.82, 2.24) is 5.32 Å². The lowest BCUT2D eigenvalue weighted by Crippen LogP contribution is -2.23. The van der Waals surface area contributed by atoms with Gasteiger partial charge in [0.25, 0.3) is 0 Å². The first-order valence-electron chi connectivity index (χ1n) is 5.38. The van der Waals surface area contributed by atoms with Gasteiger partial charge in [0.1, 0.15) is 5.75 Å². The number of aromatic hydroxyl groups is 1. The van der Waals surface area contributed by atoms with Crippen LogP contribution in [0.2, 0.25) is 5.02 Å². The fourth-order valence-electron chi connectivity index (χ4n) is 2.16. The van der Waals surface area contributed by atoms with Gasteiger partial charge in [-0.15, -0.1) is 0 Å². The van der Waals surface area contributed by atoms with Crippen LogP contribution in [0.5, 0.6) is 5.75 Å². The van der Waals surface area contributed by atoms with Gasteiger partial charge in [-0.3, -0.25) is 0 Å². The van der Waals surface area contributed by atoms with Crippen LogP contribution in [0.15, 0.2) is 12.1 Å². The zero-order valence-electron chi connectivity index (χ0n) is 8.89. The number of phenols is 1. The highest BCUT2D eigenvalue weighted by Crippen LogP contribution is 2.29. The van der Waals surface area contributed by atoms with E-state index in [0.717, 1.165) is 24.1 Å². The quantitative estimate of drug-likeness (QED) is 0.811. The maximum Gasteiger partial charge on any atom is 0.134 e. The van der Waals surface area contributed by atoms with E-state index in [-0.39, 0.29) is 5.75 Å². The average molecular weight is 226 g/mol. The van der Waals surface area contributed by atoms with Crippen molar-refractivity contribution in [2.75, 3.05) is 6.54 Å². The topological polar surface area (TPSA) is 32.3 Å². The molecule has 15 heavy (non-hydrogen) atoms. The van der Waals surface area contributed by atoms with Gasteiger partial charge in [0.2, 0.25) is 0 Å². The van der Waals surface area contributed by atoms with Gasteiger partial charge in [0, 0.05) is 6.04 Å². The number of halogens is 1. The van der Waals surface area contributed by atoms with Crippen molar-refractivity contribution < 1.29 is 5.11 Å². The molecule has 1 atom stereocenters. The number of nitrogens with one attached hydrogen (secondary N) is 1. The molecule has 0 aliphatic carbocycles. The zero-order valence-corrected chi connectivity index (χ0v) is 9.64. The number of phenolic OH excluding ortho intramolecular Hbond substituents is 1. The SMILES string of the molecule is Cc1cc(CC2CCCN2)cc(O)c1Cl. The van der Waals surface area contributed by atoms with Crippen LogP contribution in [0.4, 0.5) is 0 Å². The van der Waals surface area contributed by atoms with Gasteiger partial charge in [0.15, 0.2) is 0 Å². The molecule has 0 aromatic heterocycles. The van der Waals surface area contributed by atoms with Gasteiger partial charge in [-0.2, -0.15) is 0 Å². The average Bonchev–Trinajstić information content (AvgIpc) is 2.66. The monoisotopic (exact) mass is 225 g/mol. The number of benzene rings is 1. The summed E-state index contributed by atoms with van der Waals surface area (Å²) in [6.45, 7) is 3.04. The predicted octanol–water partition coefficient (Wildman–Crippen LogP) is 2.65. The molecule has 0 spiro atoms. The highest BCUT2D eigenvalue weighted by atomic mass is 35.5. The van der Waals surface area contributed by atoms with E-state index in [1.807, 2.05) is 6.92 Å². The Bertz CT molecular complexity index is 336. The predicted molar refractivity (Wildman–Crippen MR) is 62.6 cm³/mol. The summed E-state index contributed by atoms with van der Waals surface area (Å²) < 4.78 is 0. The Morgan fingerprint density at radius 2 is 2.33 bits per heavy atom. The van der Waals surface area contributed by atoms with Crippen LogP contribution in [-0.2, 0) is 6.42 Å². The van der Waals surface area contributed by atoms with Crippen molar-refractivity contribution in [3.8, 4) is 5.75 Å². The third-order valence-electron chi connectivity index (χ3n) is 2.94. The third-order valence-corrected chi connectivity index (χ3v) is 3.43. The molecule has 2 rings (SSSR count). The van der Waals surface area contributed by atoms with Crippen molar-refractivity contribution in [2.24, 2.45) is 0 Å². The lowest BCUT2D eigenvalue weighted by Gasteiger charge is -2.11. The highest BCUT2D eigenvalue weighted by Gasteiger charge is 2.15. The summed E-state index contributed by atoms with van der Waals surface area (Å²) in [5.41, 5.74) is 2.11. The van der Waals surface area contributed by atoms with Gasteiger partial charge in [-0.05, 0) is 49.9 Å². The molecule has 1 aromatic carbocycles. The van der Waals surface area contributed by atoms with Crippen LogP contribution in [0.3, 0.4) is 0 Å². The van der Waals surface area contributed by atoms with Crippen molar-refractivity contribution in [3.05, 3.63) is 28.3 Å². The summed E-state index contributed by atoms with van der Waals surface area (Å²) in [4.78, 5) is 0. The third kappa shape index (κ3) is 2.44. The first-order valence-corrected chi connectivity index (χ1v) is 5.76. The van der Waals surface area contributed by atoms with Gasteiger partial charge >= 0.3 is 0 Å².